The van der Waals surface area contributed by atoms with E-state index in [1.165, 1.54) is 0 Å². The SMILES string of the molecule is Cc1ccnc(C(C)C)c1NC(=O)NC(=O)c1cc(F)c(Br)c(F)c1F. The van der Waals surface area contributed by atoms with Gasteiger partial charge in [0.2, 0.25) is 0 Å². The van der Waals surface area contributed by atoms with Gasteiger partial charge in [-0.25, -0.2) is 18.0 Å². The molecule has 0 bridgehead atoms. The Morgan fingerprint density at radius 3 is 2.46 bits per heavy atom. The maximum Gasteiger partial charge on any atom is 0.326 e. The van der Waals surface area contributed by atoms with Gasteiger partial charge in [0.25, 0.3) is 5.91 Å². The maximum absolute atomic E-state index is 13.8. The highest BCUT2D eigenvalue weighted by Crippen LogP contribution is 2.26. The lowest BCUT2D eigenvalue weighted by atomic mass is 10.1. The van der Waals surface area contributed by atoms with E-state index in [9.17, 15) is 22.8 Å². The molecule has 0 saturated heterocycles. The van der Waals surface area contributed by atoms with Gasteiger partial charge in [-0.15, -0.1) is 0 Å². The Morgan fingerprint density at radius 1 is 1.19 bits per heavy atom. The maximum atomic E-state index is 13.8. The second-order valence-electron chi connectivity index (χ2n) is 5.80. The molecule has 1 aromatic carbocycles. The number of hydrogen-bond acceptors (Lipinski definition) is 3. The summed E-state index contributed by atoms with van der Waals surface area (Å²) in [5.74, 6) is -5.57. The van der Waals surface area contributed by atoms with Gasteiger partial charge in [0, 0.05) is 6.20 Å². The number of halogens is 4. The number of nitrogens with one attached hydrogen (secondary N) is 2. The summed E-state index contributed by atoms with van der Waals surface area (Å²) in [5, 5.41) is 4.32. The first-order valence-electron chi connectivity index (χ1n) is 7.54. The van der Waals surface area contributed by atoms with Crippen molar-refractivity contribution in [2.45, 2.75) is 26.7 Å². The van der Waals surface area contributed by atoms with Crippen LogP contribution in [0.25, 0.3) is 0 Å². The van der Waals surface area contributed by atoms with Crippen molar-refractivity contribution in [1.82, 2.24) is 10.3 Å². The first-order valence-corrected chi connectivity index (χ1v) is 8.33. The molecule has 5 nitrogen and oxygen atoms in total. The lowest BCUT2D eigenvalue weighted by Gasteiger charge is -2.15. The van der Waals surface area contributed by atoms with E-state index < -0.39 is 39.4 Å². The fraction of sp³-hybridized carbons (Fsp3) is 0.235. The molecule has 0 fully saturated rings. The first-order chi connectivity index (χ1) is 12.1. The summed E-state index contributed by atoms with van der Waals surface area (Å²) in [5.41, 5.74) is 0.782. The van der Waals surface area contributed by atoms with Crippen LogP contribution in [0.4, 0.5) is 23.7 Å². The molecular formula is C17H15BrF3N3O2. The number of benzene rings is 1. The lowest BCUT2D eigenvalue weighted by Crippen LogP contribution is -2.35. The first kappa shape index (κ1) is 19.9. The molecule has 1 heterocycles. The van der Waals surface area contributed by atoms with Crippen LogP contribution >= 0.6 is 15.9 Å². The Morgan fingerprint density at radius 2 is 1.85 bits per heavy atom. The molecule has 26 heavy (non-hydrogen) atoms. The predicted octanol–water partition coefficient (Wildman–Crippen LogP) is 4.66. The number of urea groups is 1. The zero-order chi connectivity index (χ0) is 19.6. The zero-order valence-electron chi connectivity index (χ0n) is 14.1. The summed E-state index contributed by atoms with van der Waals surface area (Å²) in [6.45, 7) is 5.49. The monoisotopic (exact) mass is 429 g/mol. The highest BCUT2D eigenvalue weighted by molar-refractivity contribution is 9.10. The molecule has 3 amide bonds. The molecule has 2 rings (SSSR count). The van der Waals surface area contributed by atoms with Crippen molar-refractivity contribution >= 4 is 33.6 Å². The van der Waals surface area contributed by atoms with Gasteiger partial charge in [0.05, 0.1) is 21.4 Å². The van der Waals surface area contributed by atoms with E-state index in [1.807, 2.05) is 19.2 Å². The molecule has 9 heteroatoms. The van der Waals surface area contributed by atoms with E-state index in [2.05, 4.69) is 26.2 Å². The molecule has 0 aliphatic rings. The fourth-order valence-corrected chi connectivity index (χ4v) is 2.52. The third kappa shape index (κ3) is 4.04. The summed E-state index contributed by atoms with van der Waals surface area (Å²) in [4.78, 5) is 28.3. The van der Waals surface area contributed by atoms with Gasteiger partial charge in [0.1, 0.15) is 5.82 Å². The quantitative estimate of drug-likeness (QED) is 0.550. The topological polar surface area (TPSA) is 71.1 Å². The normalized spacial score (nSPS) is 10.8. The largest absolute Gasteiger partial charge is 0.326 e. The molecular weight excluding hydrogens is 415 g/mol. The van der Waals surface area contributed by atoms with Crippen LogP contribution in [0.2, 0.25) is 0 Å². The summed E-state index contributed by atoms with van der Waals surface area (Å²) in [6.07, 6.45) is 1.58. The van der Waals surface area contributed by atoms with Gasteiger partial charge in [-0.1, -0.05) is 13.8 Å². The summed E-state index contributed by atoms with van der Waals surface area (Å²) in [6, 6.07) is 1.19. The van der Waals surface area contributed by atoms with Crippen molar-refractivity contribution in [3.63, 3.8) is 0 Å². The average molecular weight is 430 g/mol. The Hall–Kier alpha value is -2.42. The van der Waals surface area contributed by atoms with Crippen molar-refractivity contribution in [2.24, 2.45) is 0 Å². The second-order valence-corrected chi connectivity index (χ2v) is 6.59. The number of aromatic nitrogens is 1. The van der Waals surface area contributed by atoms with Crippen molar-refractivity contribution in [2.75, 3.05) is 5.32 Å². The van der Waals surface area contributed by atoms with Crippen molar-refractivity contribution in [1.29, 1.82) is 0 Å². The molecule has 0 unspecified atom stereocenters. The number of aryl methyl sites for hydroxylation is 1. The van der Waals surface area contributed by atoms with Crippen molar-refractivity contribution < 1.29 is 22.8 Å². The Bertz CT molecular complexity index is 888. The van der Waals surface area contributed by atoms with Gasteiger partial charge < -0.3 is 5.32 Å². The molecule has 0 atom stereocenters. The predicted molar refractivity (Wildman–Crippen MR) is 93.6 cm³/mol. The number of amides is 3. The van der Waals surface area contributed by atoms with Crippen molar-refractivity contribution in [3.05, 3.63) is 57.1 Å². The third-order valence-electron chi connectivity index (χ3n) is 3.55. The van der Waals surface area contributed by atoms with Gasteiger partial charge in [0.15, 0.2) is 11.6 Å². The zero-order valence-corrected chi connectivity index (χ0v) is 15.7. The Labute approximate surface area is 156 Å². The number of pyridine rings is 1. The van der Waals surface area contributed by atoms with E-state index in [4.69, 9.17) is 0 Å². The smallest absolute Gasteiger partial charge is 0.306 e. The lowest BCUT2D eigenvalue weighted by molar-refractivity contribution is 0.0961. The minimum absolute atomic E-state index is 0.00647. The molecule has 2 aromatic rings. The summed E-state index contributed by atoms with van der Waals surface area (Å²) in [7, 11) is 0. The van der Waals surface area contributed by atoms with Gasteiger partial charge in [-0.2, -0.15) is 0 Å². The van der Waals surface area contributed by atoms with Crippen LogP contribution in [0.15, 0.2) is 22.8 Å². The number of carbonyl (C=O) groups is 2. The van der Waals surface area contributed by atoms with E-state index >= 15 is 0 Å². The summed E-state index contributed by atoms with van der Waals surface area (Å²) >= 11 is 2.53. The van der Waals surface area contributed by atoms with E-state index in [0.29, 0.717) is 23.0 Å². The summed E-state index contributed by atoms with van der Waals surface area (Å²) < 4.78 is 40.2. The molecule has 138 valence electrons. The van der Waals surface area contributed by atoms with Crippen LogP contribution in [0, 0.1) is 24.4 Å². The number of carbonyl (C=O) groups excluding carboxylic acids is 2. The van der Waals surface area contributed by atoms with E-state index in [1.54, 1.807) is 19.2 Å². The molecule has 0 saturated carbocycles. The number of nitrogens with zero attached hydrogens (tertiary/aromatic N) is 1. The number of rotatable bonds is 3. The van der Waals surface area contributed by atoms with Crippen LogP contribution in [0.5, 0.6) is 0 Å². The minimum Gasteiger partial charge on any atom is -0.306 e. The average Bonchev–Trinajstić information content (AvgIpc) is 2.57. The molecule has 1 aromatic heterocycles. The van der Waals surface area contributed by atoms with Crippen LogP contribution in [0.1, 0.15) is 41.4 Å². The van der Waals surface area contributed by atoms with Gasteiger partial charge >= 0.3 is 6.03 Å². The second kappa shape index (κ2) is 7.86. The van der Waals surface area contributed by atoms with Crippen LogP contribution in [-0.4, -0.2) is 16.9 Å². The Balaban J connectivity index is 2.23. The van der Waals surface area contributed by atoms with Crippen LogP contribution in [0.3, 0.4) is 0 Å². The molecule has 0 radical (unpaired) electrons. The molecule has 0 spiro atoms. The van der Waals surface area contributed by atoms with Crippen LogP contribution in [-0.2, 0) is 0 Å². The standard InChI is InChI=1S/C17H15BrF3N3O2/c1-7(2)14-15(8(3)4-5-22-14)23-17(26)24-16(25)9-6-10(19)11(18)13(21)12(9)20/h4-7H,1-3H3,(H2,23,24,25,26). The molecule has 0 aliphatic carbocycles. The highest BCUT2D eigenvalue weighted by atomic mass is 79.9. The van der Waals surface area contributed by atoms with E-state index in [0.717, 1.165) is 0 Å². The van der Waals surface area contributed by atoms with Gasteiger partial charge in [-0.3, -0.25) is 15.1 Å². The Kier molecular flexibility index (Phi) is 6.01. The van der Waals surface area contributed by atoms with E-state index in [-0.39, 0.29) is 5.92 Å². The number of imide groups is 1. The molecule has 2 N–H and O–H groups in total. The number of anilines is 1. The minimum atomic E-state index is -1.57. The van der Waals surface area contributed by atoms with Crippen LogP contribution < -0.4 is 10.6 Å². The highest BCUT2D eigenvalue weighted by Gasteiger charge is 2.23. The fourth-order valence-electron chi connectivity index (χ4n) is 2.23. The number of hydrogen-bond donors (Lipinski definition) is 2. The molecule has 0 aliphatic heterocycles. The van der Waals surface area contributed by atoms with Gasteiger partial charge in [-0.05, 0) is 46.5 Å². The third-order valence-corrected chi connectivity index (χ3v) is 4.28. The van der Waals surface area contributed by atoms with Crippen molar-refractivity contribution in [3.8, 4) is 0 Å².